The van der Waals surface area contributed by atoms with Crippen LogP contribution in [-0.4, -0.2) is 51.9 Å². The number of rotatable bonds is 7. The van der Waals surface area contributed by atoms with Gasteiger partial charge in [-0.25, -0.2) is 9.59 Å². The third-order valence-electron chi connectivity index (χ3n) is 4.97. The smallest absolute Gasteiger partial charge is 0.326 e. The molecule has 2 aromatic rings. The second-order valence-electron chi connectivity index (χ2n) is 7.07. The van der Waals surface area contributed by atoms with Crippen LogP contribution in [0.15, 0.2) is 60.7 Å². The Bertz CT molecular complexity index is 842. The SMILES string of the molecule is O=C(O)[C@H]1CCCN1C(=O)CN(Cc1ccccc1)C(=O)NCc1ccccc1. The molecule has 1 heterocycles. The summed E-state index contributed by atoms with van der Waals surface area (Å²) in [7, 11) is 0. The Labute approximate surface area is 169 Å². The van der Waals surface area contributed by atoms with Crippen molar-refractivity contribution >= 4 is 17.9 Å². The van der Waals surface area contributed by atoms with Crippen molar-refractivity contribution in [1.29, 1.82) is 0 Å². The second-order valence-corrected chi connectivity index (χ2v) is 7.07. The number of hydrogen-bond donors (Lipinski definition) is 2. The molecule has 1 aliphatic rings. The Morgan fingerprint density at radius 1 is 1.00 bits per heavy atom. The van der Waals surface area contributed by atoms with E-state index >= 15 is 0 Å². The fourth-order valence-electron chi connectivity index (χ4n) is 3.46. The molecule has 29 heavy (non-hydrogen) atoms. The number of likely N-dealkylation sites (tertiary alicyclic amines) is 1. The van der Waals surface area contributed by atoms with Crippen molar-refractivity contribution in [2.75, 3.05) is 13.1 Å². The van der Waals surface area contributed by atoms with Crippen LogP contribution in [0.5, 0.6) is 0 Å². The first-order chi connectivity index (χ1) is 14.0. The van der Waals surface area contributed by atoms with Gasteiger partial charge in [-0.15, -0.1) is 0 Å². The van der Waals surface area contributed by atoms with Gasteiger partial charge in [-0.05, 0) is 24.0 Å². The molecule has 0 saturated carbocycles. The molecule has 1 saturated heterocycles. The first kappa shape index (κ1) is 20.4. The fraction of sp³-hybridized carbons (Fsp3) is 0.318. The van der Waals surface area contributed by atoms with Gasteiger partial charge < -0.3 is 20.2 Å². The predicted molar refractivity (Wildman–Crippen MR) is 108 cm³/mol. The molecular formula is C22H25N3O4. The molecule has 2 N–H and O–H groups in total. The standard InChI is InChI=1S/C22H25N3O4/c26-20(25-13-7-12-19(25)21(27)28)16-24(15-18-10-5-2-6-11-18)22(29)23-14-17-8-3-1-4-9-17/h1-6,8-11,19H,7,12-16H2,(H,23,29)(H,27,28)/t19-/m1/s1. The van der Waals surface area contributed by atoms with Gasteiger partial charge in [-0.3, -0.25) is 4.79 Å². The van der Waals surface area contributed by atoms with Crippen molar-refractivity contribution in [1.82, 2.24) is 15.1 Å². The largest absolute Gasteiger partial charge is 0.480 e. The average molecular weight is 395 g/mol. The highest BCUT2D eigenvalue weighted by molar-refractivity contribution is 5.88. The third kappa shape index (κ3) is 5.57. The Kier molecular flexibility index (Phi) is 6.84. The highest BCUT2D eigenvalue weighted by atomic mass is 16.4. The lowest BCUT2D eigenvalue weighted by molar-refractivity contribution is -0.148. The summed E-state index contributed by atoms with van der Waals surface area (Å²) in [6.45, 7) is 0.847. The molecule has 1 fully saturated rings. The van der Waals surface area contributed by atoms with Gasteiger partial charge in [0.05, 0.1) is 0 Å². The summed E-state index contributed by atoms with van der Waals surface area (Å²) < 4.78 is 0. The van der Waals surface area contributed by atoms with Crippen LogP contribution in [0.2, 0.25) is 0 Å². The predicted octanol–water partition coefficient (Wildman–Crippen LogP) is 2.47. The molecule has 1 aliphatic heterocycles. The van der Waals surface area contributed by atoms with Crippen LogP contribution < -0.4 is 5.32 Å². The summed E-state index contributed by atoms with van der Waals surface area (Å²) >= 11 is 0. The van der Waals surface area contributed by atoms with Crippen LogP contribution in [0.4, 0.5) is 4.79 Å². The van der Waals surface area contributed by atoms with Gasteiger partial charge in [0, 0.05) is 19.6 Å². The second kappa shape index (κ2) is 9.73. The maximum Gasteiger partial charge on any atom is 0.326 e. The monoisotopic (exact) mass is 395 g/mol. The summed E-state index contributed by atoms with van der Waals surface area (Å²) in [5, 5.41) is 12.2. The molecule has 0 spiro atoms. The van der Waals surface area contributed by atoms with Crippen LogP contribution in [0.1, 0.15) is 24.0 Å². The van der Waals surface area contributed by atoms with Crippen molar-refractivity contribution in [2.45, 2.75) is 32.0 Å². The van der Waals surface area contributed by atoms with Gasteiger partial charge in [-0.1, -0.05) is 60.7 Å². The number of urea groups is 1. The molecule has 0 aliphatic carbocycles. The molecule has 0 bridgehead atoms. The summed E-state index contributed by atoms with van der Waals surface area (Å²) in [5.41, 5.74) is 1.85. The Morgan fingerprint density at radius 2 is 1.62 bits per heavy atom. The van der Waals surface area contributed by atoms with E-state index in [9.17, 15) is 19.5 Å². The van der Waals surface area contributed by atoms with Crippen molar-refractivity contribution in [3.05, 3.63) is 71.8 Å². The Balaban J connectivity index is 1.69. The van der Waals surface area contributed by atoms with E-state index < -0.39 is 12.0 Å². The zero-order valence-electron chi connectivity index (χ0n) is 16.2. The van der Waals surface area contributed by atoms with Gasteiger partial charge in [0.2, 0.25) is 5.91 Å². The first-order valence-electron chi connectivity index (χ1n) is 9.67. The maximum absolute atomic E-state index is 12.8. The number of benzene rings is 2. The van der Waals surface area contributed by atoms with E-state index in [1.54, 1.807) is 0 Å². The molecule has 0 aromatic heterocycles. The summed E-state index contributed by atoms with van der Waals surface area (Å²) in [4.78, 5) is 39.8. The normalized spacial score (nSPS) is 15.7. The van der Waals surface area contributed by atoms with Crippen LogP contribution in [0.3, 0.4) is 0 Å². The topological polar surface area (TPSA) is 90.0 Å². The van der Waals surface area contributed by atoms with Crippen LogP contribution in [0.25, 0.3) is 0 Å². The molecule has 0 unspecified atom stereocenters. The fourth-order valence-corrected chi connectivity index (χ4v) is 3.46. The van der Waals surface area contributed by atoms with Crippen LogP contribution in [-0.2, 0) is 22.7 Å². The molecule has 7 nitrogen and oxygen atoms in total. The molecule has 1 atom stereocenters. The van der Waals surface area contributed by atoms with E-state index in [0.29, 0.717) is 25.9 Å². The van der Waals surface area contributed by atoms with E-state index in [1.165, 1.54) is 9.80 Å². The lowest BCUT2D eigenvalue weighted by Crippen LogP contribution is -2.48. The Hall–Kier alpha value is -3.35. The number of carboxylic acids is 1. The van der Waals surface area contributed by atoms with Crippen molar-refractivity contribution in [2.24, 2.45) is 0 Å². The number of carbonyl (C=O) groups is 3. The summed E-state index contributed by atoms with van der Waals surface area (Å²) in [6, 6.07) is 17.7. The number of carbonyl (C=O) groups excluding carboxylic acids is 2. The van der Waals surface area contributed by atoms with Crippen molar-refractivity contribution in [3.8, 4) is 0 Å². The number of amides is 3. The van der Waals surface area contributed by atoms with Gasteiger partial charge >= 0.3 is 12.0 Å². The van der Waals surface area contributed by atoms with Gasteiger partial charge in [0.1, 0.15) is 12.6 Å². The van der Waals surface area contributed by atoms with Crippen molar-refractivity contribution in [3.63, 3.8) is 0 Å². The molecule has 3 rings (SSSR count). The first-order valence-corrected chi connectivity index (χ1v) is 9.67. The molecule has 0 radical (unpaired) electrons. The molecule has 3 amide bonds. The molecular weight excluding hydrogens is 370 g/mol. The van der Waals surface area contributed by atoms with E-state index in [-0.39, 0.29) is 25.0 Å². The number of hydrogen-bond acceptors (Lipinski definition) is 3. The third-order valence-corrected chi connectivity index (χ3v) is 4.97. The summed E-state index contributed by atoms with van der Waals surface area (Å²) in [6.07, 6.45) is 1.10. The van der Waals surface area contributed by atoms with Gasteiger partial charge in [0.15, 0.2) is 0 Å². The minimum absolute atomic E-state index is 0.167. The van der Waals surface area contributed by atoms with Gasteiger partial charge in [-0.2, -0.15) is 0 Å². The number of nitrogens with zero attached hydrogens (tertiary/aromatic N) is 2. The minimum atomic E-state index is -1.00. The quantitative estimate of drug-likeness (QED) is 0.754. The average Bonchev–Trinajstić information content (AvgIpc) is 3.23. The van der Waals surface area contributed by atoms with E-state index in [1.807, 2.05) is 60.7 Å². The van der Waals surface area contributed by atoms with Gasteiger partial charge in [0.25, 0.3) is 0 Å². The zero-order valence-corrected chi connectivity index (χ0v) is 16.2. The lowest BCUT2D eigenvalue weighted by atomic mass is 10.2. The molecule has 7 heteroatoms. The molecule has 152 valence electrons. The highest BCUT2D eigenvalue weighted by Crippen LogP contribution is 2.18. The van der Waals surface area contributed by atoms with E-state index in [2.05, 4.69) is 5.32 Å². The van der Waals surface area contributed by atoms with Crippen molar-refractivity contribution < 1.29 is 19.5 Å². The minimum Gasteiger partial charge on any atom is -0.480 e. The number of aliphatic carboxylic acids is 1. The Morgan fingerprint density at radius 3 is 2.24 bits per heavy atom. The summed E-state index contributed by atoms with van der Waals surface area (Å²) in [5.74, 6) is -1.35. The highest BCUT2D eigenvalue weighted by Gasteiger charge is 2.35. The number of nitrogens with one attached hydrogen (secondary N) is 1. The lowest BCUT2D eigenvalue weighted by Gasteiger charge is -2.27. The van der Waals surface area contributed by atoms with E-state index in [4.69, 9.17) is 0 Å². The zero-order chi connectivity index (χ0) is 20.6. The van der Waals surface area contributed by atoms with Crippen LogP contribution in [0, 0.1) is 0 Å². The van der Waals surface area contributed by atoms with E-state index in [0.717, 1.165) is 11.1 Å². The number of carboxylic acid groups (broad SMARTS) is 1. The van der Waals surface area contributed by atoms with Crippen LogP contribution >= 0.6 is 0 Å². The molecule has 2 aromatic carbocycles. The maximum atomic E-state index is 12.8.